The summed E-state index contributed by atoms with van der Waals surface area (Å²) in [5, 5.41) is 21.2. The van der Waals surface area contributed by atoms with Gasteiger partial charge in [-0.15, -0.1) is 0 Å². The first-order chi connectivity index (χ1) is 7.17. The molecule has 1 aromatic rings. The molecule has 0 amide bonds. The zero-order valence-electron chi connectivity index (χ0n) is 8.40. The van der Waals surface area contributed by atoms with Gasteiger partial charge in [-0.05, 0) is 18.2 Å². The maximum absolute atomic E-state index is 9.12. The molecule has 4 nitrogen and oxygen atoms in total. The van der Waals surface area contributed by atoms with E-state index in [1.54, 1.807) is 25.3 Å². The van der Waals surface area contributed by atoms with Crippen LogP contribution in [0.1, 0.15) is 0 Å². The molecule has 3 N–H and O–H groups in total. The number of anilines is 1. The summed E-state index contributed by atoms with van der Waals surface area (Å²) < 4.78 is 5.00. The van der Waals surface area contributed by atoms with Crippen molar-refractivity contribution in [2.45, 2.75) is 6.10 Å². The van der Waals surface area contributed by atoms with Gasteiger partial charge in [-0.3, -0.25) is 0 Å². The van der Waals surface area contributed by atoms with E-state index >= 15 is 0 Å². The van der Waals surface area contributed by atoms with Gasteiger partial charge in [0.05, 0.1) is 24.8 Å². The van der Waals surface area contributed by atoms with E-state index in [9.17, 15) is 0 Å². The van der Waals surface area contributed by atoms with Crippen LogP contribution in [0.5, 0.6) is 5.75 Å². The number of ether oxygens (including phenoxy) is 1. The third-order valence-electron chi connectivity index (χ3n) is 1.90. The normalized spacial score (nSPS) is 12.3. The highest BCUT2D eigenvalue weighted by molar-refractivity contribution is 6.32. The van der Waals surface area contributed by atoms with Gasteiger partial charge in [0.1, 0.15) is 5.75 Å². The molecule has 0 unspecified atom stereocenters. The lowest BCUT2D eigenvalue weighted by atomic mass is 10.3. The number of benzene rings is 1. The van der Waals surface area contributed by atoms with E-state index in [4.69, 9.17) is 26.6 Å². The summed E-state index contributed by atoms with van der Waals surface area (Å²) in [4.78, 5) is 0. The third-order valence-corrected chi connectivity index (χ3v) is 2.20. The summed E-state index contributed by atoms with van der Waals surface area (Å²) in [6.07, 6.45) is -0.772. The number of aliphatic hydroxyl groups excluding tert-OH is 2. The molecular formula is C10H14ClNO3. The summed E-state index contributed by atoms with van der Waals surface area (Å²) in [6, 6.07) is 5.22. The molecule has 0 aliphatic rings. The van der Waals surface area contributed by atoms with Gasteiger partial charge >= 0.3 is 0 Å². The zero-order valence-corrected chi connectivity index (χ0v) is 9.16. The molecule has 1 aromatic carbocycles. The topological polar surface area (TPSA) is 61.7 Å². The number of nitrogens with one attached hydrogen (secondary N) is 1. The molecule has 0 spiro atoms. The summed E-state index contributed by atoms with van der Waals surface area (Å²) in [7, 11) is 1.55. The molecule has 0 aliphatic carbocycles. The van der Waals surface area contributed by atoms with Crippen molar-refractivity contribution in [1.29, 1.82) is 0 Å². The van der Waals surface area contributed by atoms with Crippen molar-refractivity contribution < 1.29 is 14.9 Å². The maximum Gasteiger partial charge on any atom is 0.137 e. The summed E-state index contributed by atoms with van der Waals surface area (Å²) in [5.74, 6) is 0.602. The summed E-state index contributed by atoms with van der Waals surface area (Å²) in [6.45, 7) is 0.00996. The van der Waals surface area contributed by atoms with Crippen molar-refractivity contribution in [3.8, 4) is 5.75 Å². The first-order valence-electron chi connectivity index (χ1n) is 4.53. The van der Waals surface area contributed by atoms with E-state index in [1.807, 2.05) is 0 Å². The van der Waals surface area contributed by atoms with E-state index in [1.165, 1.54) is 0 Å². The highest BCUT2D eigenvalue weighted by atomic mass is 35.5. The smallest absolute Gasteiger partial charge is 0.137 e. The highest BCUT2D eigenvalue weighted by Gasteiger charge is 2.04. The average Bonchev–Trinajstić information content (AvgIpc) is 2.26. The SMILES string of the molecule is COc1ccc(NC[C@H](O)CO)cc1Cl. The lowest BCUT2D eigenvalue weighted by Crippen LogP contribution is -2.22. The minimum Gasteiger partial charge on any atom is -0.495 e. The molecular weight excluding hydrogens is 218 g/mol. The molecule has 0 saturated carbocycles. The molecule has 0 radical (unpaired) electrons. The molecule has 0 fully saturated rings. The van der Waals surface area contributed by atoms with Gasteiger partial charge < -0.3 is 20.3 Å². The van der Waals surface area contributed by atoms with Gasteiger partial charge in [-0.2, -0.15) is 0 Å². The largest absolute Gasteiger partial charge is 0.495 e. The molecule has 0 saturated heterocycles. The van der Waals surface area contributed by atoms with E-state index in [0.29, 0.717) is 10.8 Å². The number of aliphatic hydroxyl groups is 2. The monoisotopic (exact) mass is 231 g/mol. The summed E-state index contributed by atoms with van der Waals surface area (Å²) in [5.41, 5.74) is 0.772. The van der Waals surface area contributed by atoms with Crippen molar-refractivity contribution >= 4 is 17.3 Å². The van der Waals surface area contributed by atoms with Crippen molar-refractivity contribution in [2.75, 3.05) is 25.6 Å². The molecule has 84 valence electrons. The van der Waals surface area contributed by atoms with Crippen LogP contribution in [0.15, 0.2) is 18.2 Å². The summed E-state index contributed by atoms with van der Waals surface area (Å²) >= 11 is 5.90. The molecule has 15 heavy (non-hydrogen) atoms. The first kappa shape index (κ1) is 12.1. The second kappa shape index (κ2) is 5.80. The lowest BCUT2D eigenvalue weighted by Gasteiger charge is -2.11. The molecule has 5 heteroatoms. The Hall–Kier alpha value is -0.970. The number of halogens is 1. The second-order valence-corrected chi connectivity index (χ2v) is 3.47. The van der Waals surface area contributed by atoms with Crippen LogP contribution >= 0.6 is 11.6 Å². The standard InChI is InChI=1S/C10H14ClNO3/c1-15-10-3-2-7(4-9(10)11)12-5-8(14)6-13/h2-4,8,12-14H,5-6H2,1H3/t8-/m0/s1. The Balaban J connectivity index is 2.59. The van der Waals surface area contributed by atoms with Crippen LogP contribution in [0, 0.1) is 0 Å². The lowest BCUT2D eigenvalue weighted by molar-refractivity contribution is 0.105. The van der Waals surface area contributed by atoms with E-state index in [2.05, 4.69) is 5.32 Å². The fraction of sp³-hybridized carbons (Fsp3) is 0.400. The quantitative estimate of drug-likeness (QED) is 0.711. The number of hydrogen-bond acceptors (Lipinski definition) is 4. The minimum atomic E-state index is -0.772. The fourth-order valence-electron chi connectivity index (χ4n) is 1.08. The zero-order chi connectivity index (χ0) is 11.3. The van der Waals surface area contributed by atoms with Crippen molar-refractivity contribution in [3.05, 3.63) is 23.2 Å². The Morgan fingerprint density at radius 3 is 2.80 bits per heavy atom. The van der Waals surface area contributed by atoms with Crippen LogP contribution in [-0.4, -0.2) is 36.6 Å². The molecule has 0 aromatic heterocycles. The maximum atomic E-state index is 9.12. The molecule has 0 aliphatic heterocycles. The number of rotatable bonds is 5. The van der Waals surface area contributed by atoms with Crippen LogP contribution in [0.4, 0.5) is 5.69 Å². The minimum absolute atomic E-state index is 0.267. The molecule has 1 atom stereocenters. The molecule has 1 rings (SSSR count). The Kier molecular flexibility index (Phi) is 4.68. The predicted molar refractivity (Wildman–Crippen MR) is 59.6 cm³/mol. The van der Waals surface area contributed by atoms with Gasteiger partial charge in [-0.1, -0.05) is 11.6 Å². The van der Waals surface area contributed by atoms with Crippen LogP contribution in [0.3, 0.4) is 0 Å². The fourth-order valence-corrected chi connectivity index (χ4v) is 1.33. The number of hydrogen-bond donors (Lipinski definition) is 3. The molecule has 0 bridgehead atoms. The Bertz CT molecular complexity index is 320. The van der Waals surface area contributed by atoms with Gasteiger partial charge in [0, 0.05) is 12.2 Å². The Morgan fingerprint density at radius 2 is 2.27 bits per heavy atom. The van der Waals surface area contributed by atoms with Gasteiger partial charge in [-0.25, -0.2) is 0 Å². The van der Waals surface area contributed by atoms with Gasteiger partial charge in [0.25, 0.3) is 0 Å². The second-order valence-electron chi connectivity index (χ2n) is 3.07. The van der Waals surface area contributed by atoms with Crippen LogP contribution < -0.4 is 10.1 Å². The van der Waals surface area contributed by atoms with Crippen LogP contribution in [0.2, 0.25) is 5.02 Å². The predicted octanol–water partition coefficient (Wildman–Crippen LogP) is 1.11. The average molecular weight is 232 g/mol. The van der Waals surface area contributed by atoms with Crippen LogP contribution in [-0.2, 0) is 0 Å². The van der Waals surface area contributed by atoms with Crippen molar-refractivity contribution in [1.82, 2.24) is 0 Å². The van der Waals surface area contributed by atoms with Crippen molar-refractivity contribution in [3.63, 3.8) is 0 Å². The Labute approximate surface area is 93.4 Å². The number of methoxy groups -OCH3 is 1. The van der Waals surface area contributed by atoms with Crippen LogP contribution in [0.25, 0.3) is 0 Å². The van der Waals surface area contributed by atoms with E-state index < -0.39 is 6.10 Å². The van der Waals surface area contributed by atoms with Crippen molar-refractivity contribution in [2.24, 2.45) is 0 Å². The third kappa shape index (κ3) is 3.58. The highest BCUT2D eigenvalue weighted by Crippen LogP contribution is 2.26. The molecule has 0 heterocycles. The van der Waals surface area contributed by atoms with E-state index in [0.717, 1.165) is 5.69 Å². The van der Waals surface area contributed by atoms with E-state index in [-0.39, 0.29) is 13.2 Å². The van der Waals surface area contributed by atoms with Gasteiger partial charge in [0.2, 0.25) is 0 Å². The first-order valence-corrected chi connectivity index (χ1v) is 4.91. The van der Waals surface area contributed by atoms with Gasteiger partial charge in [0.15, 0.2) is 0 Å². The Morgan fingerprint density at radius 1 is 1.53 bits per heavy atom.